The monoisotopic (exact) mass is 557 g/mol. The highest BCUT2D eigenvalue weighted by molar-refractivity contribution is 7.92. The van der Waals surface area contributed by atoms with Gasteiger partial charge in [0.1, 0.15) is 0 Å². The zero-order valence-electron chi connectivity index (χ0n) is 23.9. The van der Waals surface area contributed by atoms with Crippen LogP contribution in [0.5, 0.6) is 0 Å². The number of hydrogen-bond donors (Lipinski definition) is 2. The fraction of sp³-hybridized carbons (Fsp3) is 0.900. The molecule has 2 N–H and O–H groups in total. The van der Waals surface area contributed by atoms with Crippen LogP contribution in [-0.2, 0) is 19.4 Å². The van der Waals surface area contributed by atoms with E-state index in [2.05, 4.69) is 18.8 Å². The summed E-state index contributed by atoms with van der Waals surface area (Å²) in [6.45, 7) is 9.33. The second-order valence-electron chi connectivity index (χ2n) is 12.6. The Morgan fingerprint density at radius 2 is 1.79 bits per heavy atom. The second-order valence-corrected chi connectivity index (χ2v) is 15.2. The molecular formula is C30H52FNO5S. The fourth-order valence-corrected chi connectivity index (χ4v) is 9.33. The van der Waals surface area contributed by atoms with Gasteiger partial charge in [-0.25, -0.2) is 12.8 Å². The number of sulfone groups is 1. The molecule has 3 saturated carbocycles. The van der Waals surface area contributed by atoms with Crippen LogP contribution in [0.2, 0.25) is 0 Å². The number of hydrogen-bond acceptors (Lipinski definition) is 5. The standard InChI is InChI=1S/C30H52FNO5S/c1-5-18-30(31,6-2)37-26-13-11-25(12-14-26)32-28(34)29(21-33)19-7-8-24(17-20-29)23(4)38(35,36)27-15-9-22(3)10-16-27/h6,22-27,33H,2,5,7-21H2,1,3-4H3,(H,32,34). The number of aliphatic hydroxyl groups is 1. The number of halogens is 1. The van der Waals surface area contributed by atoms with Gasteiger partial charge in [-0.05, 0) is 102 Å². The summed E-state index contributed by atoms with van der Waals surface area (Å²) >= 11 is 0. The zero-order chi connectivity index (χ0) is 28.0. The van der Waals surface area contributed by atoms with E-state index in [1.165, 1.54) is 6.08 Å². The molecule has 3 aliphatic rings. The molecule has 4 atom stereocenters. The van der Waals surface area contributed by atoms with Gasteiger partial charge < -0.3 is 15.2 Å². The largest absolute Gasteiger partial charge is 0.395 e. The van der Waals surface area contributed by atoms with E-state index in [1.54, 1.807) is 0 Å². The topological polar surface area (TPSA) is 92.7 Å². The first-order valence-electron chi connectivity index (χ1n) is 15.1. The Hall–Kier alpha value is -0.990. The summed E-state index contributed by atoms with van der Waals surface area (Å²) in [4.78, 5) is 13.5. The molecule has 8 heteroatoms. The maximum absolute atomic E-state index is 14.8. The minimum Gasteiger partial charge on any atom is -0.395 e. The molecule has 3 aliphatic carbocycles. The molecule has 6 nitrogen and oxygen atoms in total. The van der Waals surface area contributed by atoms with E-state index in [4.69, 9.17) is 4.74 Å². The molecule has 1 amide bonds. The molecule has 0 bridgehead atoms. The number of amides is 1. The maximum atomic E-state index is 14.8. The summed E-state index contributed by atoms with van der Waals surface area (Å²) in [6.07, 6.45) is 11.4. The first kappa shape index (κ1) is 31.5. The quantitative estimate of drug-likeness (QED) is 0.239. The van der Waals surface area contributed by atoms with Crippen molar-refractivity contribution in [3.05, 3.63) is 12.7 Å². The summed E-state index contributed by atoms with van der Waals surface area (Å²) < 4.78 is 47.4. The highest BCUT2D eigenvalue weighted by Crippen LogP contribution is 2.41. The average molecular weight is 558 g/mol. The molecule has 0 heterocycles. The Morgan fingerprint density at radius 3 is 2.37 bits per heavy atom. The summed E-state index contributed by atoms with van der Waals surface area (Å²) in [5.41, 5.74) is -0.871. The predicted molar refractivity (Wildman–Crippen MR) is 150 cm³/mol. The van der Waals surface area contributed by atoms with Crippen LogP contribution in [0.3, 0.4) is 0 Å². The van der Waals surface area contributed by atoms with E-state index >= 15 is 0 Å². The molecule has 3 fully saturated rings. The molecule has 0 radical (unpaired) electrons. The molecule has 0 aliphatic heterocycles. The number of carbonyl (C=O) groups excluding carboxylic acids is 1. The smallest absolute Gasteiger partial charge is 0.228 e. The number of carbonyl (C=O) groups is 1. The van der Waals surface area contributed by atoms with E-state index in [0.717, 1.165) is 38.5 Å². The number of aliphatic hydroxyl groups excluding tert-OH is 1. The van der Waals surface area contributed by atoms with Crippen LogP contribution in [0, 0.1) is 17.3 Å². The summed E-state index contributed by atoms with van der Waals surface area (Å²) in [5.74, 6) is -1.31. The van der Waals surface area contributed by atoms with Gasteiger partial charge in [-0.2, -0.15) is 0 Å². The van der Waals surface area contributed by atoms with Crippen molar-refractivity contribution in [2.75, 3.05) is 6.61 Å². The summed E-state index contributed by atoms with van der Waals surface area (Å²) in [5, 5.41) is 12.9. The van der Waals surface area contributed by atoms with Gasteiger partial charge in [0.2, 0.25) is 11.8 Å². The van der Waals surface area contributed by atoms with Crippen LogP contribution in [0.25, 0.3) is 0 Å². The molecule has 38 heavy (non-hydrogen) atoms. The van der Waals surface area contributed by atoms with Gasteiger partial charge in [-0.1, -0.05) is 33.3 Å². The van der Waals surface area contributed by atoms with Gasteiger partial charge in [0.25, 0.3) is 0 Å². The zero-order valence-corrected chi connectivity index (χ0v) is 24.7. The Morgan fingerprint density at radius 1 is 1.13 bits per heavy atom. The van der Waals surface area contributed by atoms with Crippen molar-refractivity contribution < 1.29 is 27.4 Å². The van der Waals surface area contributed by atoms with Crippen molar-refractivity contribution >= 4 is 15.7 Å². The number of alkyl halides is 1. The van der Waals surface area contributed by atoms with E-state index in [1.807, 2.05) is 13.8 Å². The molecular weight excluding hydrogens is 505 g/mol. The first-order chi connectivity index (χ1) is 18.0. The lowest BCUT2D eigenvalue weighted by atomic mass is 9.79. The van der Waals surface area contributed by atoms with Crippen LogP contribution in [-0.4, -0.2) is 54.5 Å². The van der Waals surface area contributed by atoms with Gasteiger partial charge in [-0.15, -0.1) is 0 Å². The van der Waals surface area contributed by atoms with Gasteiger partial charge in [-0.3, -0.25) is 4.79 Å². The average Bonchev–Trinajstić information content (AvgIpc) is 3.13. The van der Waals surface area contributed by atoms with Crippen molar-refractivity contribution in [3.8, 4) is 0 Å². The second kappa shape index (κ2) is 13.6. The molecule has 0 spiro atoms. The molecule has 3 rings (SSSR count). The van der Waals surface area contributed by atoms with Crippen LogP contribution in [0.1, 0.15) is 117 Å². The minimum absolute atomic E-state index is 0.0158. The third-order valence-electron chi connectivity index (χ3n) is 9.89. The van der Waals surface area contributed by atoms with Crippen LogP contribution in [0.4, 0.5) is 4.39 Å². The van der Waals surface area contributed by atoms with E-state index in [9.17, 15) is 22.7 Å². The number of ether oxygens (including phenoxy) is 1. The molecule has 220 valence electrons. The van der Waals surface area contributed by atoms with E-state index in [0.29, 0.717) is 57.3 Å². The van der Waals surface area contributed by atoms with Crippen LogP contribution < -0.4 is 5.32 Å². The molecule has 0 aromatic carbocycles. The Balaban J connectivity index is 1.54. The predicted octanol–water partition coefficient (Wildman–Crippen LogP) is 6.02. The number of rotatable bonds is 11. The van der Waals surface area contributed by atoms with Gasteiger partial charge in [0.05, 0.1) is 28.6 Å². The molecule has 4 unspecified atom stereocenters. The van der Waals surface area contributed by atoms with Crippen molar-refractivity contribution in [2.45, 2.75) is 146 Å². The van der Waals surface area contributed by atoms with Gasteiger partial charge >= 0.3 is 0 Å². The first-order valence-corrected chi connectivity index (χ1v) is 16.7. The van der Waals surface area contributed by atoms with Crippen LogP contribution in [0.15, 0.2) is 12.7 Å². The minimum atomic E-state index is -3.22. The Kier molecular flexibility index (Phi) is 11.3. The molecule has 0 aromatic heterocycles. The fourth-order valence-electron chi connectivity index (χ4n) is 6.98. The lowest BCUT2D eigenvalue weighted by Crippen LogP contribution is -2.49. The maximum Gasteiger partial charge on any atom is 0.228 e. The third-order valence-corrected chi connectivity index (χ3v) is 12.7. The van der Waals surface area contributed by atoms with E-state index in [-0.39, 0.29) is 42.2 Å². The van der Waals surface area contributed by atoms with Crippen molar-refractivity contribution in [1.29, 1.82) is 0 Å². The van der Waals surface area contributed by atoms with Crippen molar-refractivity contribution in [1.82, 2.24) is 5.32 Å². The summed E-state index contributed by atoms with van der Waals surface area (Å²) in [6, 6.07) is -0.0262. The molecule has 0 saturated heterocycles. The Bertz CT molecular complexity index is 881. The van der Waals surface area contributed by atoms with Gasteiger partial charge in [0, 0.05) is 12.5 Å². The highest BCUT2D eigenvalue weighted by Gasteiger charge is 2.44. The SMILES string of the molecule is C=CC(F)(CCC)OC1CCC(NC(=O)C2(CO)CCCC(C(C)S(=O)(=O)C3CCC(C)CC3)CC2)CC1. The van der Waals surface area contributed by atoms with Crippen molar-refractivity contribution in [2.24, 2.45) is 17.3 Å². The number of nitrogens with one attached hydrogen (secondary N) is 1. The van der Waals surface area contributed by atoms with Crippen LogP contribution >= 0.6 is 0 Å². The lowest BCUT2D eigenvalue weighted by Gasteiger charge is -2.36. The normalized spacial score (nSPS) is 35.4. The lowest BCUT2D eigenvalue weighted by molar-refractivity contribution is -0.159. The highest BCUT2D eigenvalue weighted by atomic mass is 32.2. The summed E-state index contributed by atoms with van der Waals surface area (Å²) in [7, 11) is -3.22. The Labute approximate surface area is 230 Å². The molecule has 0 aromatic rings. The third kappa shape index (κ3) is 7.60. The van der Waals surface area contributed by atoms with Gasteiger partial charge in [0.15, 0.2) is 9.84 Å². The van der Waals surface area contributed by atoms with E-state index < -0.39 is 26.4 Å². The van der Waals surface area contributed by atoms with Crippen molar-refractivity contribution in [3.63, 3.8) is 0 Å².